The quantitative estimate of drug-likeness (QED) is 0.808. The van der Waals surface area contributed by atoms with Gasteiger partial charge >= 0.3 is 5.97 Å². The van der Waals surface area contributed by atoms with E-state index in [0.717, 1.165) is 6.54 Å². The summed E-state index contributed by atoms with van der Waals surface area (Å²) in [6.07, 6.45) is 3.91. The van der Waals surface area contributed by atoms with Crippen LogP contribution in [0, 0.1) is 6.92 Å². The average Bonchev–Trinajstić information content (AvgIpc) is 3.18. The lowest BCUT2D eigenvalue weighted by molar-refractivity contribution is 0.0695. The van der Waals surface area contributed by atoms with Gasteiger partial charge in [-0.15, -0.1) is 0 Å². The summed E-state index contributed by atoms with van der Waals surface area (Å²) in [5.74, 6) is -0.510. The van der Waals surface area contributed by atoms with Crippen molar-refractivity contribution in [3.05, 3.63) is 17.5 Å². The van der Waals surface area contributed by atoms with Crippen LogP contribution in [0.4, 0.5) is 5.95 Å². The van der Waals surface area contributed by atoms with Crippen LogP contribution in [0.1, 0.15) is 35.8 Å². The fraction of sp³-hybridized carbons (Fsp3) is 0.615. The van der Waals surface area contributed by atoms with E-state index in [1.807, 2.05) is 0 Å². The van der Waals surface area contributed by atoms with Crippen LogP contribution < -0.4 is 5.32 Å². The summed E-state index contributed by atoms with van der Waals surface area (Å²) < 4.78 is 0. The Labute approximate surface area is 112 Å². The van der Waals surface area contributed by atoms with Crippen LogP contribution in [0.25, 0.3) is 0 Å². The maximum Gasteiger partial charge on any atom is 0.339 e. The van der Waals surface area contributed by atoms with Gasteiger partial charge in [-0.2, -0.15) is 0 Å². The molecule has 1 aliphatic carbocycles. The van der Waals surface area contributed by atoms with Gasteiger partial charge in [0.2, 0.25) is 5.95 Å². The standard InChI is InChI=1S/C13H20N4O2/c1-8(17(3)10-4-5-10)6-14-13-15-7-11(12(18)19)9(2)16-13/h7-8,10H,4-6H2,1-3H3,(H,18,19)(H,14,15,16). The van der Waals surface area contributed by atoms with Crippen LogP contribution in [0.15, 0.2) is 6.20 Å². The number of aromatic carboxylic acids is 1. The Bertz CT molecular complexity index is 474. The van der Waals surface area contributed by atoms with E-state index in [1.165, 1.54) is 19.0 Å². The number of nitrogens with one attached hydrogen (secondary N) is 1. The largest absolute Gasteiger partial charge is 0.478 e. The molecule has 2 rings (SSSR count). The van der Waals surface area contributed by atoms with Crippen molar-refractivity contribution in [2.45, 2.75) is 38.8 Å². The summed E-state index contributed by atoms with van der Waals surface area (Å²) in [7, 11) is 2.13. The Morgan fingerprint density at radius 2 is 2.32 bits per heavy atom. The van der Waals surface area contributed by atoms with E-state index in [9.17, 15) is 4.79 Å². The van der Waals surface area contributed by atoms with Crippen LogP contribution in [-0.2, 0) is 0 Å². The molecule has 1 fully saturated rings. The molecule has 1 aromatic rings. The van der Waals surface area contributed by atoms with E-state index >= 15 is 0 Å². The van der Waals surface area contributed by atoms with Crippen molar-refractivity contribution in [3.63, 3.8) is 0 Å². The zero-order chi connectivity index (χ0) is 14.0. The molecule has 0 saturated heterocycles. The zero-order valence-corrected chi connectivity index (χ0v) is 11.6. The number of nitrogens with zero attached hydrogens (tertiary/aromatic N) is 3. The molecule has 0 amide bonds. The molecule has 0 aromatic carbocycles. The van der Waals surface area contributed by atoms with Gasteiger partial charge in [0, 0.05) is 24.8 Å². The smallest absolute Gasteiger partial charge is 0.339 e. The number of carboxylic acids is 1. The third-order valence-corrected chi connectivity index (χ3v) is 3.58. The van der Waals surface area contributed by atoms with Gasteiger partial charge in [0.1, 0.15) is 0 Å². The zero-order valence-electron chi connectivity index (χ0n) is 11.6. The van der Waals surface area contributed by atoms with E-state index < -0.39 is 5.97 Å². The van der Waals surface area contributed by atoms with Crippen molar-refractivity contribution in [2.75, 3.05) is 18.9 Å². The molecular formula is C13H20N4O2. The first-order valence-electron chi connectivity index (χ1n) is 6.51. The van der Waals surface area contributed by atoms with E-state index in [4.69, 9.17) is 5.11 Å². The first kappa shape index (κ1) is 13.7. The molecule has 6 nitrogen and oxygen atoms in total. The van der Waals surface area contributed by atoms with Gasteiger partial charge < -0.3 is 10.4 Å². The van der Waals surface area contributed by atoms with E-state index in [-0.39, 0.29) is 5.56 Å². The minimum atomic E-state index is -0.995. The monoisotopic (exact) mass is 264 g/mol. The fourth-order valence-electron chi connectivity index (χ4n) is 1.99. The lowest BCUT2D eigenvalue weighted by Gasteiger charge is -2.24. The Kier molecular flexibility index (Phi) is 3.99. The van der Waals surface area contributed by atoms with E-state index in [0.29, 0.717) is 23.7 Å². The fourth-order valence-corrected chi connectivity index (χ4v) is 1.99. The number of carbonyl (C=O) groups is 1. The Morgan fingerprint density at radius 1 is 1.63 bits per heavy atom. The second kappa shape index (κ2) is 5.52. The maximum atomic E-state index is 10.9. The normalized spacial score (nSPS) is 16.4. The Balaban J connectivity index is 1.92. The maximum absolute atomic E-state index is 10.9. The van der Waals surface area contributed by atoms with Gasteiger partial charge in [-0.3, -0.25) is 4.90 Å². The van der Waals surface area contributed by atoms with Crippen molar-refractivity contribution in [1.82, 2.24) is 14.9 Å². The van der Waals surface area contributed by atoms with Gasteiger partial charge in [0.15, 0.2) is 0 Å². The minimum Gasteiger partial charge on any atom is -0.478 e. The summed E-state index contributed by atoms with van der Waals surface area (Å²) in [6, 6.07) is 1.12. The molecule has 1 aliphatic rings. The molecule has 0 bridgehead atoms. The van der Waals surface area contributed by atoms with E-state index in [1.54, 1.807) is 6.92 Å². The van der Waals surface area contributed by atoms with Crippen molar-refractivity contribution < 1.29 is 9.90 Å². The topological polar surface area (TPSA) is 78.4 Å². The molecular weight excluding hydrogens is 244 g/mol. The predicted octanol–water partition coefficient (Wildman–Crippen LogP) is 1.38. The van der Waals surface area contributed by atoms with Gasteiger partial charge in [-0.05, 0) is 33.7 Å². The third-order valence-electron chi connectivity index (χ3n) is 3.58. The van der Waals surface area contributed by atoms with Gasteiger partial charge in [0.05, 0.1) is 11.3 Å². The molecule has 1 atom stereocenters. The number of rotatable bonds is 6. The summed E-state index contributed by atoms with van der Waals surface area (Å²) in [5, 5.41) is 12.1. The number of anilines is 1. The van der Waals surface area contributed by atoms with Gasteiger partial charge in [-0.25, -0.2) is 14.8 Å². The first-order chi connectivity index (χ1) is 8.99. The van der Waals surface area contributed by atoms with Crippen LogP contribution in [0.5, 0.6) is 0 Å². The molecule has 19 heavy (non-hydrogen) atoms. The molecule has 2 N–H and O–H groups in total. The number of likely N-dealkylation sites (N-methyl/N-ethyl adjacent to an activating group) is 1. The number of hydrogen-bond donors (Lipinski definition) is 2. The SMILES string of the molecule is Cc1nc(NCC(C)N(C)C2CC2)ncc1C(=O)O. The summed E-state index contributed by atoms with van der Waals surface area (Å²) in [4.78, 5) is 21.4. The van der Waals surface area contributed by atoms with Gasteiger partial charge in [0.25, 0.3) is 0 Å². The average molecular weight is 264 g/mol. The second-order valence-electron chi connectivity index (χ2n) is 5.12. The van der Waals surface area contributed by atoms with Crippen LogP contribution in [-0.4, -0.2) is 51.6 Å². The summed E-state index contributed by atoms with van der Waals surface area (Å²) in [5.41, 5.74) is 0.627. The molecule has 0 spiro atoms. The molecule has 1 heterocycles. The van der Waals surface area contributed by atoms with Gasteiger partial charge in [-0.1, -0.05) is 0 Å². The molecule has 1 saturated carbocycles. The molecule has 104 valence electrons. The highest BCUT2D eigenvalue weighted by Crippen LogP contribution is 2.26. The van der Waals surface area contributed by atoms with Crippen molar-refractivity contribution in [3.8, 4) is 0 Å². The highest BCUT2D eigenvalue weighted by molar-refractivity contribution is 5.88. The minimum absolute atomic E-state index is 0.147. The van der Waals surface area contributed by atoms with Crippen molar-refractivity contribution >= 4 is 11.9 Å². The lowest BCUT2D eigenvalue weighted by atomic mass is 10.2. The molecule has 0 aliphatic heterocycles. The van der Waals surface area contributed by atoms with Crippen molar-refractivity contribution in [2.24, 2.45) is 0 Å². The second-order valence-corrected chi connectivity index (χ2v) is 5.12. The first-order valence-corrected chi connectivity index (χ1v) is 6.51. The van der Waals surface area contributed by atoms with Crippen LogP contribution in [0.3, 0.4) is 0 Å². The highest BCUT2D eigenvalue weighted by Gasteiger charge is 2.28. The Hall–Kier alpha value is -1.69. The predicted molar refractivity (Wildman–Crippen MR) is 72.5 cm³/mol. The number of aromatic nitrogens is 2. The summed E-state index contributed by atoms with van der Waals surface area (Å²) >= 11 is 0. The third kappa shape index (κ3) is 3.41. The molecule has 6 heteroatoms. The number of aryl methyl sites for hydroxylation is 1. The number of carboxylic acid groups (broad SMARTS) is 1. The summed E-state index contributed by atoms with van der Waals surface area (Å²) in [6.45, 7) is 4.58. The lowest BCUT2D eigenvalue weighted by Crippen LogP contribution is -2.36. The number of hydrogen-bond acceptors (Lipinski definition) is 5. The Morgan fingerprint density at radius 3 is 2.84 bits per heavy atom. The van der Waals surface area contributed by atoms with Crippen LogP contribution >= 0.6 is 0 Å². The van der Waals surface area contributed by atoms with Crippen molar-refractivity contribution in [1.29, 1.82) is 0 Å². The van der Waals surface area contributed by atoms with E-state index in [2.05, 4.69) is 34.2 Å². The molecule has 1 unspecified atom stereocenters. The molecule has 0 radical (unpaired) electrons. The highest BCUT2D eigenvalue weighted by atomic mass is 16.4. The van der Waals surface area contributed by atoms with Crippen LogP contribution in [0.2, 0.25) is 0 Å². The molecule has 1 aromatic heterocycles.